The molecule has 106 valence electrons. The largest absolute Gasteiger partial charge is 0.376 e. The molecule has 0 spiro atoms. The van der Waals surface area contributed by atoms with Crippen LogP contribution in [0.5, 0.6) is 0 Å². The van der Waals surface area contributed by atoms with Crippen molar-refractivity contribution < 1.29 is 4.74 Å². The minimum Gasteiger partial charge on any atom is -0.376 e. The predicted octanol–water partition coefficient (Wildman–Crippen LogP) is 3.75. The number of thioether (sulfide) groups is 1. The fraction of sp³-hybridized carbons (Fsp3) is 0.429. The van der Waals surface area contributed by atoms with E-state index in [1.807, 2.05) is 30.6 Å². The Morgan fingerprint density at radius 1 is 1.40 bits per heavy atom. The second-order valence-corrected chi connectivity index (χ2v) is 6.26. The van der Waals surface area contributed by atoms with Crippen LogP contribution in [0, 0.1) is 0 Å². The van der Waals surface area contributed by atoms with Crippen molar-refractivity contribution in [3.63, 3.8) is 0 Å². The third-order valence-corrected chi connectivity index (χ3v) is 4.64. The molecule has 0 aliphatic heterocycles. The third-order valence-electron chi connectivity index (χ3n) is 3.37. The number of hydrogen-bond acceptors (Lipinski definition) is 4. The molecule has 1 aromatic heterocycles. The van der Waals surface area contributed by atoms with Crippen LogP contribution in [0.4, 0.5) is 0 Å². The SMILES string of the molecule is CO[C@@H](CSc1nncn1C1CC1)c1ccc(Cl)cc1. The Morgan fingerprint density at radius 2 is 2.15 bits per heavy atom. The van der Waals surface area contributed by atoms with Gasteiger partial charge in [-0.25, -0.2) is 0 Å². The van der Waals surface area contributed by atoms with E-state index < -0.39 is 0 Å². The van der Waals surface area contributed by atoms with Crippen molar-refractivity contribution in [3.05, 3.63) is 41.2 Å². The average molecular weight is 310 g/mol. The zero-order valence-electron chi connectivity index (χ0n) is 11.2. The van der Waals surface area contributed by atoms with Gasteiger partial charge < -0.3 is 9.30 Å². The first-order valence-corrected chi connectivity index (χ1v) is 7.95. The van der Waals surface area contributed by atoms with E-state index >= 15 is 0 Å². The maximum absolute atomic E-state index is 5.91. The summed E-state index contributed by atoms with van der Waals surface area (Å²) in [5.41, 5.74) is 1.13. The highest BCUT2D eigenvalue weighted by atomic mass is 35.5. The number of hydrogen-bond donors (Lipinski definition) is 0. The van der Waals surface area contributed by atoms with E-state index in [1.54, 1.807) is 18.9 Å². The van der Waals surface area contributed by atoms with Gasteiger partial charge in [0.2, 0.25) is 0 Å². The number of aromatic nitrogens is 3. The highest BCUT2D eigenvalue weighted by Gasteiger charge is 2.26. The van der Waals surface area contributed by atoms with E-state index in [-0.39, 0.29) is 6.10 Å². The number of methoxy groups -OCH3 is 1. The van der Waals surface area contributed by atoms with Crippen molar-refractivity contribution in [2.24, 2.45) is 0 Å². The first-order valence-electron chi connectivity index (χ1n) is 6.58. The molecule has 1 saturated carbocycles. The molecule has 1 aliphatic rings. The summed E-state index contributed by atoms with van der Waals surface area (Å²) < 4.78 is 7.74. The van der Waals surface area contributed by atoms with Crippen LogP contribution in [0.15, 0.2) is 35.7 Å². The van der Waals surface area contributed by atoms with E-state index in [2.05, 4.69) is 14.8 Å². The van der Waals surface area contributed by atoms with Crippen molar-refractivity contribution in [1.29, 1.82) is 0 Å². The Kier molecular flexibility index (Phi) is 4.29. The van der Waals surface area contributed by atoms with Crippen LogP contribution in [0.2, 0.25) is 5.02 Å². The third kappa shape index (κ3) is 3.16. The lowest BCUT2D eigenvalue weighted by Gasteiger charge is -2.15. The number of halogens is 1. The van der Waals surface area contributed by atoms with Crippen LogP contribution >= 0.6 is 23.4 Å². The van der Waals surface area contributed by atoms with Gasteiger partial charge in [-0.1, -0.05) is 35.5 Å². The molecular formula is C14H16ClN3OS. The summed E-state index contributed by atoms with van der Waals surface area (Å²) in [6, 6.07) is 8.38. The molecule has 0 amide bonds. The van der Waals surface area contributed by atoms with Gasteiger partial charge in [0.05, 0.1) is 6.10 Å². The first-order chi connectivity index (χ1) is 9.78. The van der Waals surface area contributed by atoms with E-state index in [1.165, 1.54) is 12.8 Å². The van der Waals surface area contributed by atoms with E-state index in [0.29, 0.717) is 6.04 Å². The molecule has 4 nitrogen and oxygen atoms in total. The molecule has 0 radical (unpaired) electrons. The van der Waals surface area contributed by atoms with Crippen molar-refractivity contribution in [2.75, 3.05) is 12.9 Å². The van der Waals surface area contributed by atoms with Crippen LogP contribution in [0.1, 0.15) is 30.6 Å². The maximum atomic E-state index is 5.91. The number of ether oxygens (including phenoxy) is 1. The molecule has 1 aromatic carbocycles. The minimum atomic E-state index is 0.0293. The zero-order valence-corrected chi connectivity index (χ0v) is 12.8. The van der Waals surface area contributed by atoms with Crippen molar-refractivity contribution in [1.82, 2.24) is 14.8 Å². The van der Waals surface area contributed by atoms with E-state index in [9.17, 15) is 0 Å². The Hall–Kier alpha value is -1.04. The Balaban J connectivity index is 1.66. The molecule has 2 aromatic rings. The second-order valence-electron chi connectivity index (χ2n) is 4.84. The molecular weight excluding hydrogens is 294 g/mol. The lowest BCUT2D eigenvalue weighted by atomic mass is 10.1. The van der Waals surface area contributed by atoms with Crippen molar-refractivity contribution >= 4 is 23.4 Å². The van der Waals surface area contributed by atoms with Crippen LogP contribution in [0.25, 0.3) is 0 Å². The normalized spacial score (nSPS) is 16.3. The van der Waals surface area contributed by atoms with Gasteiger partial charge in [0.1, 0.15) is 6.33 Å². The summed E-state index contributed by atoms with van der Waals surface area (Å²) in [5, 5.41) is 9.91. The van der Waals surface area contributed by atoms with Gasteiger partial charge in [-0.15, -0.1) is 10.2 Å². The van der Waals surface area contributed by atoms with Crippen molar-refractivity contribution in [3.8, 4) is 0 Å². The highest BCUT2D eigenvalue weighted by Crippen LogP contribution is 2.38. The Bertz CT molecular complexity index is 568. The zero-order chi connectivity index (χ0) is 13.9. The van der Waals surface area contributed by atoms with Gasteiger partial charge >= 0.3 is 0 Å². The van der Waals surface area contributed by atoms with Gasteiger partial charge in [0.25, 0.3) is 0 Å². The number of rotatable bonds is 6. The summed E-state index contributed by atoms with van der Waals surface area (Å²) >= 11 is 7.60. The highest BCUT2D eigenvalue weighted by molar-refractivity contribution is 7.99. The van der Waals surface area contributed by atoms with Gasteiger partial charge in [0, 0.05) is 23.9 Å². The molecule has 0 saturated heterocycles. The Morgan fingerprint density at radius 3 is 2.80 bits per heavy atom. The molecule has 0 bridgehead atoms. The summed E-state index contributed by atoms with van der Waals surface area (Å²) in [5.74, 6) is 0.809. The van der Waals surface area contributed by atoms with E-state index in [4.69, 9.17) is 16.3 Å². The fourth-order valence-electron chi connectivity index (χ4n) is 2.07. The summed E-state index contributed by atoms with van der Waals surface area (Å²) in [6.45, 7) is 0. The van der Waals surface area contributed by atoms with Crippen LogP contribution in [-0.2, 0) is 4.74 Å². The number of nitrogens with zero attached hydrogens (tertiary/aromatic N) is 3. The van der Waals surface area contributed by atoms with Crippen LogP contribution < -0.4 is 0 Å². The average Bonchev–Trinajstić information content (AvgIpc) is 3.21. The summed E-state index contributed by atoms with van der Waals surface area (Å²) in [6.07, 6.45) is 4.32. The molecule has 1 aliphatic carbocycles. The quantitative estimate of drug-likeness (QED) is 0.762. The summed E-state index contributed by atoms with van der Waals surface area (Å²) in [7, 11) is 1.73. The molecule has 1 atom stereocenters. The second kappa shape index (κ2) is 6.16. The minimum absolute atomic E-state index is 0.0293. The van der Waals surface area contributed by atoms with E-state index in [0.717, 1.165) is 21.5 Å². The van der Waals surface area contributed by atoms with Gasteiger partial charge in [-0.3, -0.25) is 0 Å². The van der Waals surface area contributed by atoms with Crippen LogP contribution in [-0.4, -0.2) is 27.6 Å². The predicted molar refractivity (Wildman–Crippen MR) is 80.2 cm³/mol. The fourth-order valence-corrected chi connectivity index (χ4v) is 3.27. The Labute approximate surface area is 127 Å². The van der Waals surface area contributed by atoms with Crippen molar-refractivity contribution in [2.45, 2.75) is 30.1 Å². The summed E-state index contributed by atoms with van der Waals surface area (Å²) in [4.78, 5) is 0. The molecule has 1 heterocycles. The van der Waals surface area contributed by atoms with Gasteiger partial charge in [0.15, 0.2) is 5.16 Å². The molecule has 6 heteroatoms. The molecule has 0 unspecified atom stereocenters. The van der Waals surface area contributed by atoms with Gasteiger partial charge in [-0.2, -0.15) is 0 Å². The number of benzene rings is 1. The standard InChI is InChI=1S/C14H16ClN3OS/c1-19-13(10-2-4-11(15)5-3-10)8-20-14-17-16-9-18(14)12-6-7-12/h2-5,9,12-13H,6-8H2,1H3/t13-/m0/s1. The molecule has 20 heavy (non-hydrogen) atoms. The van der Waals surface area contributed by atoms with Gasteiger partial charge in [-0.05, 0) is 30.5 Å². The molecule has 3 rings (SSSR count). The topological polar surface area (TPSA) is 39.9 Å². The smallest absolute Gasteiger partial charge is 0.191 e. The maximum Gasteiger partial charge on any atom is 0.191 e. The first kappa shape index (κ1) is 13.9. The monoisotopic (exact) mass is 309 g/mol. The van der Waals surface area contributed by atoms with Crippen LogP contribution in [0.3, 0.4) is 0 Å². The lowest BCUT2D eigenvalue weighted by molar-refractivity contribution is 0.123. The lowest BCUT2D eigenvalue weighted by Crippen LogP contribution is -2.05. The molecule has 1 fully saturated rings. The molecule has 0 N–H and O–H groups in total.